The van der Waals surface area contributed by atoms with Crippen molar-refractivity contribution in [1.82, 2.24) is 4.98 Å². The predicted molar refractivity (Wildman–Crippen MR) is 66.0 cm³/mol. The minimum Gasteiger partial charge on any atom is -0.465 e. The van der Waals surface area contributed by atoms with Crippen LogP contribution in [0.4, 0.5) is 5.13 Å². The summed E-state index contributed by atoms with van der Waals surface area (Å²) in [5.41, 5.74) is 0. The molecule has 1 aromatic heterocycles. The first-order chi connectivity index (χ1) is 7.52. The lowest BCUT2D eigenvalue weighted by molar-refractivity contribution is 0.0606. The lowest BCUT2D eigenvalue weighted by Gasteiger charge is -2.14. The van der Waals surface area contributed by atoms with E-state index in [1.54, 1.807) is 6.20 Å². The number of nitrogens with one attached hydrogen (secondary N) is 1. The van der Waals surface area contributed by atoms with Crippen molar-refractivity contribution in [2.45, 2.75) is 33.2 Å². The molecule has 1 unspecified atom stereocenters. The van der Waals surface area contributed by atoms with Gasteiger partial charge in [0.2, 0.25) is 0 Å². The molecule has 1 aromatic rings. The Hall–Kier alpha value is -1.10. The molecule has 0 spiro atoms. The van der Waals surface area contributed by atoms with Crippen LogP contribution in [0.25, 0.3) is 0 Å². The maximum atomic E-state index is 11.2. The number of hydrogen-bond acceptors (Lipinski definition) is 5. The first-order valence-electron chi connectivity index (χ1n) is 5.33. The number of methoxy groups -OCH3 is 1. The topological polar surface area (TPSA) is 51.2 Å². The number of nitrogens with zero attached hydrogens (tertiary/aromatic N) is 1. The highest BCUT2D eigenvalue weighted by Crippen LogP contribution is 2.20. The molecule has 0 fully saturated rings. The molecule has 90 valence electrons. The molecule has 5 heteroatoms. The van der Waals surface area contributed by atoms with E-state index in [4.69, 9.17) is 0 Å². The number of hydrogen-bond donors (Lipinski definition) is 1. The van der Waals surface area contributed by atoms with Crippen LogP contribution in [0.1, 0.15) is 36.9 Å². The van der Waals surface area contributed by atoms with E-state index in [0.29, 0.717) is 16.8 Å². The lowest BCUT2D eigenvalue weighted by atomic mass is 10.1. The Morgan fingerprint density at radius 2 is 2.25 bits per heavy atom. The Morgan fingerprint density at radius 3 is 2.81 bits per heavy atom. The minimum atomic E-state index is -0.331. The molecule has 1 atom stereocenters. The van der Waals surface area contributed by atoms with Crippen LogP contribution >= 0.6 is 11.3 Å². The van der Waals surface area contributed by atoms with E-state index in [1.165, 1.54) is 18.4 Å². The number of anilines is 1. The third-order valence-corrected chi connectivity index (χ3v) is 3.00. The Labute approximate surface area is 100 Å². The van der Waals surface area contributed by atoms with Gasteiger partial charge in [0, 0.05) is 6.04 Å². The van der Waals surface area contributed by atoms with Crippen molar-refractivity contribution in [2.75, 3.05) is 12.4 Å². The highest BCUT2D eigenvalue weighted by Gasteiger charge is 2.12. The average Bonchev–Trinajstić information content (AvgIpc) is 2.63. The van der Waals surface area contributed by atoms with Crippen LogP contribution < -0.4 is 5.32 Å². The van der Waals surface area contributed by atoms with Crippen LogP contribution in [0, 0.1) is 5.92 Å². The van der Waals surface area contributed by atoms with Crippen LogP contribution in [0.15, 0.2) is 6.20 Å². The molecular weight excluding hydrogens is 224 g/mol. The van der Waals surface area contributed by atoms with Gasteiger partial charge in [-0.05, 0) is 19.3 Å². The van der Waals surface area contributed by atoms with Crippen LogP contribution in [0.2, 0.25) is 0 Å². The zero-order valence-corrected chi connectivity index (χ0v) is 10.9. The lowest BCUT2D eigenvalue weighted by Crippen LogP contribution is -2.17. The monoisotopic (exact) mass is 242 g/mol. The quantitative estimate of drug-likeness (QED) is 0.807. The number of carbonyl (C=O) groups is 1. The van der Waals surface area contributed by atoms with Gasteiger partial charge in [0.05, 0.1) is 13.3 Å². The van der Waals surface area contributed by atoms with E-state index in [9.17, 15) is 4.79 Å². The van der Waals surface area contributed by atoms with E-state index in [0.717, 1.165) is 11.6 Å². The first-order valence-corrected chi connectivity index (χ1v) is 6.15. The van der Waals surface area contributed by atoms with Gasteiger partial charge in [-0.1, -0.05) is 25.2 Å². The number of aromatic nitrogens is 1. The number of rotatable bonds is 5. The summed E-state index contributed by atoms with van der Waals surface area (Å²) in [6.45, 7) is 6.47. The van der Waals surface area contributed by atoms with E-state index in [2.05, 4.69) is 35.8 Å². The third-order valence-electron chi connectivity index (χ3n) is 2.09. The Kier molecular flexibility index (Phi) is 4.73. The summed E-state index contributed by atoms with van der Waals surface area (Å²) in [5.74, 6) is 0.310. The summed E-state index contributed by atoms with van der Waals surface area (Å²) in [6, 6.07) is 0.358. The summed E-state index contributed by atoms with van der Waals surface area (Å²) >= 11 is 1.32. The van der Waals surface area contributed by atoms with Crippen molar-refractivity contribution in [3.05, 3.63) is 11.1 Å². The number of carbonyl (C=O) groups excluding carboxylic acids is 1. The molecule has 0 amide bonds. The molecule has 0 bridgehead atoms. The van der Waals surface area contributed by atoms with Crippen LogP contribution in [-0.4, -0.2) is 24.1 Å². The molecule has 1 N–H and O–H groups in total. The zero-order valence-electron chi connectivity index (χ0n) is 10.1. The summed E-state index contributed by atoms with van der Waals surface area (Å²) in [7, 11) is 1.37. The van der Waals surface area contributed by atoms with Crippen molar-refractivity contribution < 1.29 is 9.53 Å². The number of esters is 1. The maximum absolute atomic E-state index is 11.2. The van der Waals surface area contributed by atoms with Crippen molar-refractivity contribution >= 4 is 22.4 Å². The first kappa shape index (κ1) is 13.0. The summed E-state index contributed by atoms with van der Waals surface area (Å²) in [6.07, 6.45) is 2.62. The molecule has 0 aliphatic rings. The van der Waals surface area contributed by atoms with Crippen molar-refractivity contribution in [3.63, 3.8) is 0 Å². The van der Waals surface area contributed by atoms with Crippen molar-refractivity contribution in [3.8, 4) is 0 Å². The van der Waals surface area contributed by atoms with Crippen LogP contribution in [-0.2, 0) is 4.74 Å². The van der Waals surface area contributed by atoms with E-state index in [1.807, 2.05) is 0 Å². The van der Waals surface area contributed by atoms with E-state index >= 15 is 0 Å². The molecule has 0 radical (unpaired) electrons. The largest absolute Gasteiger partial charge is 0.465 e. The second-order valence-electron chi connectivity index (χ2n) is 4.20. The van der Waals surface area contributed by atoms with Gasteiger partial charge in [0.1, 0.15) is 4.88 Å². The fourth-order valence-corrected chi connectivity index (χ4v) is 2.36. The van der Waals surface area contributed by atoms with Gasteiger partial charge < -0.3 is 10.1 Å². The predicted octanol–water partition coefficient (Wildman–Crippen LogP) is 2.78. The molecule has 0 saturated heterocycles. The van der Waals surface area contributed by atoms with Gasteiger partial charge in [-0.15, -0.1) is 0 Å². The molecule has 0 aliphatic carbocycles. The fraction of sp³-hybridized carbons (Fsp3) is 0.636. The number of ether oxygens (including phenoxy) is 1. The molecule has 1 heterocycles. The Bertz CT molecular complexity index is 350. The second-order valence-corrected chi connectivity index (χ2v) is 5.23. The van der Waals surface area contributed by atoms with Gasteiger partial charge in [-0.2, -0.15) is 0 Å². The van der Waals surface area contributed by atoms with Gasteiger partial charge in [-0.25, -0.2) is 9.78 Å². The van der Waals surface area contributed by atoms with E-state index < -0.39 is 0 Å². The molecule has 4 nitrogen and oxygen atoms in total. The average molecular weight is 242 g/mol. The SMILES string of the molecule is COC(=O)c1cnc(NC(C)CC(C)C)s1. The number of thiazole rings is 1. The van der Waals surface area contributed by atoms with Crippen LogP contribution in [0.5, 0.6) is 0 Å². The Balaban J connectivity index is 2.55. The smallest absolute Gasteiger partial charge is 0.349 e. The summed E-state index contributed by atoms with van der Waals surface area (Å²) in [4.78, 5) is 15.9. The third kappa shape index (κ3) is 3.81. The second kappa shape index (κ2) is 5.84. The Morgan fingerprint density at radius 1 is 1.56 bits per heavy atom. The van der Waals surface area contributed by atoms with Crippen molar-refractivity contribution in [1.29, 1.82) is 0 Å². The molecule has 0 aliphatic heterocycles. The summed E-state index contributed by atoms with van der Waals surface area (Å²) < 4.78 is 4.62. The molecule has 1 rings (SSSR count). The van der Waals surface area contributed by atoms with E-state index in [-0.39, 0.29) is 5.97 Å². The highest BCUT2D eigenvalue weighted by molar-refractivity contribution is 7.17. The van der Waals surface area contributed by atoms with Crippen molar-refractivity contribution in [2.24, 2.45) is 5.92 Å². The van der Waals surface area contributed by atoms with Crippen LogP contribution in [0.3, 0.4) is 0 Å². The molecule has 0 saturated carbocycles. The van der Waals surface area contributed by atoms with Gasteiger partial charge in [0.25, 0.3) is 0 Å². The van der Waals surface area contributed by atoms with Gasteiger partial charge >= 0.3 is 5.97 Å². The molecular formula is C11H18N2O2S. The maximum Gasteiger partial charge on any atom is 0.349 e. The normalized spacial score (nSPS) is 12.6. The highest BCUT2D eigenvalue weighted by atomic mass is 32.1. The summed E-state index contributed by atoms with van der Waals surface area (Å²) in [5, 5.41) is 4.04. The van der Waals surface area contributed by atoms with Gasteiger partial charge in [-0.3, -0.25) is 0 Å². The fourth-order valence-electron chi connectivity index (χ4n) is 1.51. The molecule has 0 aromatic carbocycles. The minimum absolute atomic E-state index is 0.331. The van der Waals surface area contributed by atoms with Gasteiger partial charge in [0.15, 0.2) is 5.13 Å². The zero-order chi connectivity index (χ0) is 12.1. The standard InChI is InChI=1S/C11H18N2O2S/c1-7(2)5-8(3)13-11-12-6-9(16-11)10(14)15-4/h6-8H,5H2,1-4H3,(H,12,13). The molecule has 16 heavy (non-hydrogen) atoms.